The molecule has 0 amide bonds. The molecule has 1 aliphatic carbocycles. The van der Waals surface area contributed by atoms with Crippen molar-refractivity contribution in [3.63, 3.8) is 0 Å². The third kappa shape index (κ3) is 6.58. The van der Waals surface area contributed by atoms with Crippen LogP contribution in [0.5, 0.6) is 0 Å². The fraction of sp³-hybridized carbons (Fsp3) is 0.500. The number of hydrogen-bond donors (Lipinski definition) is 3. The monoisotopic (exact) mass is 374 g/mol. The van der Waals surface area contributed by atoms with Gasteiger partial charge in [-0.2, -0.15) is 4.98 Å². The molecule has 0 bridgehead atoms. The molecule has 1 saturated carbocycles. The molecule has 1 aromatic carbocycles. The first-order chi connectivity index (χ1) is 12.9. The van der Waals surface area contributed by atoms with Gasteiger partial charge in [0.1, 0.15) is 5.82 Å². The Bertz CT molecular complexity index is 694. The molecule has 0 spiro atoms. The summed E-state index contributed by atoms with van der Waals surface area (Å²) >= 11 is 0. The number of nitrogens with two attached hydrogens (primary N) is 2. The van der Waals surface area contributed by atoms with Crippen molar-refractivity contribution in [3.8, 4) is 0 Å². The van der Waals surface area contributed by atoms with Crippen molar-refractivity contribution in [1.82, 2.24) is 9.97 Å². The highest BCUT2D eigenvalue weighted by Gasteiger charge is 2.17. The Balaban J connectivity index is 0.000000273. The number of rotatable bonds is 5. The van der Waals surface area contributed by atoms with Gasteiger partial charge in [0.25, 0.3) is 0 Å². The number of nitrogens with one attached hydrogen (secondary N) is 1. The van der Waals surface area contributed by atoms with E-state index in [1.807, 2.05) is 7.05 Å². The second-order valence-corrected chi connectivity index (χ2v) is 7.39. The molecule has 0 atom stereocenters. The van der Waals surface area contributed by atoms with Crippen LogP contribution >= 0.6 is 0 Å². The Morgan fingerprint density at radius 2 is 1.85 bits per heavy atom. The summed E-state index contributed by atoms with van der Waals surface area (Å²) in [6.45, 7) is 5.31. The molecule has 0 unspecified atom stereocenters. The van der Waals surface area contributed by atoms with Crippen LogP contribution in [0.25, 0.3) is 0 Å². The van der Waals surface area contributed by atoms with Gasteiger partial charge in [-0.05, 0) is 30.9 Å². The quantitative estimate of drug-likeness (QED) is 0.687. The summed E-state index contributed by atoms with van der Waals surface area (Å²) in [5.74, 6) is 1.74. The van der Waals surface area contributed by atoms with Crippen molar-refractivity contribution >= 4 is 23.1 Å². The van der Waals surface area contributed by atoms with E-state index < -0.39 is 0 Å². The fourth-order valence-corrected chi connectivity index (χ4v) is 3.12. The number of hydrogen-bond acceptors (Lipinski definition) is 6. The fourth-order valence-electron chi connectivity index (χ4n) is 3.12. The van der Waals surface area contributed by atoms with Crippen LogP contribution in [0.3, 0.4) is 0 Å². The Kier molecular flexibility index (Phi) is 7.64. The standard InChI is InChI=1S/C14H25N5.C6H6FN/c1-10(2)9-19(3)13-12(15)8-16-14(18-13)17-11-6-4-5-7-11;7-5-3-1-2-4-6(5)8/h8,10-11H,4-7,9,15H2,1-3H3,(H,16,17,18);1-4H,8H2. The number of nitrogen functional groups attached to an aromatic ring is 2. The molecule has 0 radical (unpaired) electrons. The molecule has 3 rings (SSSR count). The van der Waals surface area contributed by atoms with Crippen LogP contribution in [-0.4, -0.2) is 29.6 Å². The first kappa shape index (κ1) is 20.7. The van der Waals surface area contributed by atoms with E-state index in [0.29, 0.717) is 23.6 Å². The SMILES string of the molecule is CC(C)CN(C)c1nc(NC2CCCC2)ncc1N.Nc1ccccc1F. The molecule has 1 heterocycles. The Labute approximate surface area is 161 Å². The Hall–Kier alpha value is -2.57. The molecule has 7 heteroatoms. The van der Waals surface area contributed by atoms with E-state index in [0.717, 1.165) is 12.4 Å². The van der Waals surface area contributed by atoms with Crippen molar-refractivity contribution in [1.29, 1.82) is 0 Å². The number of benzene rings is 1. The maximum Gasteiger partial charge on any atom is 0.224 e. The highest BCUT2D eigenvalue weighted by atomic mass is 19.1. The lowest BCUT2D eigenvalue weighted by atomic mass is 10.2. The van der Waals surface area contributed by atoms with Gasteiger partial charge in [0, 0.05) is 19.6 Å². The second-order valence-electron chi connectivity index (χ2n) is 7.39. The van der Waals surface area contributed by atoms with E-state index >= 15 is 0 Å². The Morgan fingerprint density at radius 3 is 2.41 bits per heavy atom. The molecule has 2 aromatic rings. The average molecular weight is 375 g/mol. The first-order valence-corrected chi connectivity index (χ1v) is 9.47. The van der Waals surface area contributed by atoms with Gasteiger partial charge in [-0.1, -0.05) is 38.8 Å². The predicted molar refractivity (Wildman–Crippen MR) is 111 cm³/mol. The maximum absolute atomic E-state index is 12.2. The van der Waals surface area contributed by atoms with Crippen molar-refractivity contribution in [3.05, 3.63) is 36.3 Å². The molecule has 1 aliphatic rings. The van der Waals surface area contributed by atoms with Gasteiger partial charge in [0.15, 0.2) is 5.82 Å². The van der Waals surface area contributed by atoms with E-state index in [4.69, 9.17) is 11.5 Å². The smallest absolute Gasteiger partial charge is 0.224 e. The van der Waals surface area contributed by atoms with Gasteiger partial charge in [-0.15, -0.1) is 0 Å². The highest BCUT2D eigenvalue weighted by molar-refractivity contribution is 5.63. The summed E-state index contributed by atoms with van der Waals surface area (Å²) in [5.41, 5.74) is 12.0. The van der Waals surface area contributed by atoms with Crippen molar-refractivity contribution in [2.45, 2.75) is 45.6 Å². The molecule has 6 nitrogen and oxygen atoms in total. The predicted octanol–water partition coefficient (Wildman–Crippen LogP) is 3.91. The zero-order valence-corrected chi connectivity index (χ0v) is 16.5. The highest BCUT2D eigenvalue weighted by Crippen LogP contribution is 2.24. The van der Waals surface area contributed by atoms with E-state index in [1.165, 1.54) is 37.8 Å². The molecule has 0 saturated heterocycles. The van der Waals surface area contributed by atoms with Gasteiger partial charge in [0.05, 0.1) is 17.6 Å². The van der Waals surface area contributed by atoms with Gasteiger partial charge in [0.2, 0.25) is 5.95 Å². The molecule has 1 fully saturated rings. The third-order valence-corrected chi connectivity index (χ3v) is 4.39. The topological polar surface area (TPSA) is 93.1 Å². The normalized spacial score (nSPS) is 14.0. The largest absolute Gasteiger partial charge is 0.396 e. The van der Waals surface area contributed by atoms with Crippen LogP contribution in [0.1, 0.15) is 39.5 Å². The zero-order chi connectivity index (χ0) is 19.8. The van der Waals surface area contributed by atoms with Crippen LogP contribution < -0.4 is 21.7 Å². The summed E-state index contributed by atoms with van der Waals surface area (Å²) in [7, 11) is 2.03. The van der Waals surface area contributed by atoms with Crippen molar-refractivity contribution < 1.29 is 4.39 Å². The minimum Gasteiger partial charge on any atom is -0.396 e. The lowest BCUT2D eigenvalue weighted by Gasteiger charge is -2.22. The molecule has 27 heavy (non-hydrogen) atoms. The number of anilines is 4. The molecule has 5 N–H and O–H groups in total. The maximum atomic E-state index is 12.2. The van der Waals surface area contributed by atoms with Crippen LogP contribution in [0, 0.1) is 11.7 Å². The van der Waals surface area contributed by atoms with Gasteiger partial charge >= 0.3 is 0 Å². The summed E-state index contributed by atoms with van der Waals surface area (Å²) in [5, 5.41) is 3.41. The van der Waals surface area contributed by atoms with Crippen LogP contribution in [0.2, 0.25) is 0 Å². The molecule has 1 aromatic heterocycles. The first-order valence-electron chi connectivity index (χ1n) is 9.47. The second kappa shape index (κ2) is 9.94. The minimum absolute atomic E-state index is 0.201. The number of para-hydroxylation sites is 1. The van der Waals surface area contributed by atoms with Gasteiger partial charge in [-0.25, -0.2) is 9.37 Å². The van der Waals surface area contributed by atoms with Crippen molar-refractivity contribution in [2.75, 3.05) is 35.3 Å². The van der Waals surface area contributed by atoms with Crippen LogP contribution in [0.15, 0.2) is 30.5 Å². The summed E-state index contributed by atoms with van der Waals surface area (Å²) in [4.78, 5) is 11.0. The zero-order valence-electron chi connectivity index (χ0n) is 16.5. The molecule has 148 valence electrons. The lowest BCUT2D eigenvalue weighted by Crippen LogP contribution is -2.25. The molecular weight excluding hydrogens is 343 g/mol. The summed E-state index contributed by atoms with van der Waals surface area (Å²) in [6.07, 6.45) is 6.73. The van der Waals surface area contributed by atoms with Crippen LogP contribution in [0.4, 0.5) is 27.5 Å². The summed E-state index contributed by atoms with van der Waals surface area (Å²) < 4.78 is 12.2. The molecule has 0 aliphatic heterocycles. The lowest BCUT2D eigenvalue weighted by molar-refractivity contribution is 0.632. The van der Waals surface area contributed by atoms with Crippen LogP contribution in [-0.2, 0) is 0 Å². The number of aromatic nitrogens is 2. The average Bonchev–Trinajstić information content (AvgIpc) is 3.12. The van der Waals surface area contributed by atoms with Gasteiger partial charge in [-0.3, -0.25) is 0 Å². The molecular formula is C20H31FN6. The van der Waals surface area contributed by atoms with Gasteiger partial charge < -0.3 is 21.7 Å². The van der Waals surface area contributed by atoms with E-state index in [1.54, 1.807) is 18.3 Å². The minimum atomic E-state index is -0.354. The Morgan fingerprint density at radius 1 is 1.19 bits per heavy atom. The van der Waals surface area contributed by atoms with E-state index in [9.17, 15) is 4.39 Å². The third-order valence-electron chi connectivity index (χ3n) is 4.39. The van der Waals surface area contributed by atoms with E-state index in [-0.39, 0.29) is 11.5 Å². The number of nitrogens with zero attached hydrogens (tertiary/aromatic N) is 3. The summed E-state index contributed by atoms with van der Waals surface area (Å²) in [6, 6.07) is 6.67. The van der Waals surface area contributed by atoms with Crippen molar-refractivity contribution in [2.24, 2.45) is 5.92 Å². The number of halogens is 1. The van der Waals surface area contributed by atoms with E-state index in [2.05, 4.69) is 34.0 Å².